The molecule has 3 heterocycles. The summed E-state index contributed by atoms with van der Waals surface area (Å²) in [7, 11) is 0. The van der Waals surface area contributed by atoms with Gasteiger partial charge in [-0.05, 0) is 37.3 Å². The van der Waals surface area contributed by atoms with Crippen molar-refractivity contribution < 1.29 is 4.79 Å². The van der Waals surface area contributed by atoms with Gasteiger partial charge < -0.3 is 9.47 Å². The summed E-state index contributed by atoms with van der Waals surface area (Å²) in [5.41, 5.74) is 0.644. The van der Waals surface area contributed by atoms with E-state index in [1.54, 1.807) is 40.8 Å². The fourth-order valence-corrected chi connectivity index (χ4v) is 3.42. The summed E-state index contributed by atoms with van der Waals surface area (Å²) in [6, 6.07) is 14.6. The largest absolute Gasteiger partial charge is 0.330 e. The van der Waals surface area contributed by atoms with Gasteiger partial charge >= 0.3 is 0 Å². The number of amides is 1. The van der Waals surface area contributed by atoms with E-state index in [9.17, 15) is 9.59 Å². The predicted molar refractivity (Wildman–Crippen MR) is 98.2 cm³/mol. The van der Waals surface area contributed by atoms with Crippen LogP contribution in [0.4, 0.5) is 0 Å². The zero-order chi connectivity index (χ0) is 17.6. The Morgan fingerprint density at radius 2 is 1.96 bits per heavy atom. The molecule has 3 aromatic heterocycles. The van der Waals surface area contributed by atoms with Crippen LogP contribution in [0, 0.1) is 6.92 Å². The summed E-state index contributed by atoms with van der Waals surface area (Å²) >= 11 is 1.67. The summed E-state index contributed by atoms with van der Waals surface area (Å²) in [6.45, 7) is 2.99. The molecular formula is C19H19N3O2S. The van der Waals surface area contributed by atoms with Crippen LogP contribution in [0.25, 0.3) is 0 Å². The van der Waals surface area contributed by atoms with Crippen molar-refractivity contribution in [2.45, 2.75) is 26.6 Å². The maximum atomic E-state index is 12.8. The molecule has 3 aromatic rings. The lowest BCUT2D eigenvalue weighted by Crippen LogP contribution is -2.35. The standard InChI is InChI=1S/C19H19N3O2S/c1-15-8-9-17(25-15)13-22(12-16-6-2-4-10-20-16)19(24)14-21-11-5-3-7-18(21)23/h2-11H,12-14H2,1H3. The number of pyridine rings is 2. The van der Waals surface area contributed by atoms with E-state index in [2.05, 4.69) is 4.98 Å². The minimum Gasteiger partial charge on any atom is -0.330 e. The summed E-state index contributed by atoms with van der Waals surface area (Å²) in [4.78, 5) is 33.1. The van der Waals surface area contributed by atoms with Crippen LogP contribution in [-0.4, -0.2) is 20.4 Å². The van der Waals surface area contributed by atoms with Gasteiger partial charge in [-0.3, -0.25) is 14.6 Å². The maximum absolute atomic E-state index is 12.8. The van der Waals surface area contributed by atoms with Crippen molar-refractivity contribution in [3.63, 3.8) is 0 Å². The number of hydrogen-bond acceptors (Lipinski definition) is 4. The van der Waals surface area contributed by atoms with Crippen molar-refractivity contribution in [3.05, 3.63) is 86.7 Å². The van der Waals surface area contributed by atoms with Crippen LogP contribution in [0.15, 0.2) is 65.7 Å². The van der Waals surface area contributed by atoms with E-state index >= 15 is 0 Å². The molecule has 128 valence electrons. The fourth-order valence-electron chi connectivity index (χ4n) is 2.51. The highest BCUT2D eigenvalue weighted by atomic mass is 32.1. The Morgan fingerprint density at radius 3 is 2.64 bits per heavy atom. The molecule has 0 aromatic carbocycles. The van der Waals surface area contributed by atoms with E-state index in [4.69, 9.17) is 0 Å². The van der Waals surface area contributed by atoms with Crippen molar-refractivity contribution in [2.24, 2.45) is 0 Å². The number of carbonyl (C=O) groups excluding carboxylic acids is 1. The van der Waals surface area contributed by atoms with Gasteiger partial charge in [-0.15, -0.1) is 11.3 Å². The van der Waals surface area contributed by atoms with Crippen LogP contribution < -0.4 is 5.56 Å². The first-order chi connectivity index (χ1) is 12.1. The molecule has 0 unspecified atom stereocenters. The second kappa shape index (κ2) is 7.90. The van der Waals surface area contributed by atoms with Crippen LogP contribution in [0.3, 0.4) is 0 Å². The van der Waals surface area contributed by atoms with Gasteiger partial charge in [-0.2, -0.15) is 0 Å². The first-order valence-corrected chi connectivity index (χ1v) is 8.82. The van der Waals surface area contributed by atoms with E-state index in [1.807, 2.05) is 37.3 Å². The molecule has 0 atom stereocenters. The predicted octanol–water partition coefficient (Wildman–Crippen LogP) is 2.84. The lowest BCUT2D eigenvalue weighted by atomic mass is 10.3. The number of aromatic nitrogens is 2. The van der Waals surface area contributed by atoms with E-state index in [0.717, 1.165) is 10.6 Å². The Labute approximate surface area is 150 Å². The Hall–Kier alpha value is -2.73. The highest BCUT2D eigenvalue weighted by Gasteiger charge is 2.17. The Kier molecular flexibility index (Phi) is 5.40. The molecule has 6 heteroatoms. The van der Waals surface area contributed by atoms with Crippen LogP contribution >= 0.6 is 11.3 Å². The smallest absolute Gasteiger partial charge is 0.250 e. The molecule has 25 heavy (non-hydrogen) atoms. The molecule has 0 fully saturated rings. The number of rotatable bonds is 6. The van der Waals surface area contributed by atoms with Crippen LogP contribution in [0.2, 0.25) is 0 Å². The molecule has 0 spiro atoms. The minimum atomic E-state index is -0.180. The number of carbonyl (C=O) groups is 1. The summed E-state index contributed by atoms with van der Waals surface area (Å²) in [6.07, 6.45) is 3.35. The maximum Gasteiger partial charge on any atom is 0.250 e. The average Bonchev–Trinajstić information content (AvgIpc) is 3.02. The molecule has 0 saturated carbocycles. The Morgan fingerprint density at radius 1 is 1.12 bits per heavy atom. The number of hydrogen-bond donors (Lipinski definition) is 0. The van der Waals surface area contributed by atoms with Crippen molar-refractivity contribution in [1.29, 1.82) is 0 Å². The number of nitrogens with zero attached hydrogens (tertiary/aromatic N) is 3. The van der Waals surface area contributed by atoms with E-state index in [0.29, 0.717) is 13.1 Å². The van der Waals surface area contributed by atoms with Crippen molar-refractivity contribution in [3.8, 4) is 0 Å². The van der Waals surface area contributed by atoms with Crippen LogP contribution in [-0.2, 0) is 24.4 Å². The third-order valence-electron chi connectivity index (χ3n) is 3.78. The van der Waals surface area contributed by atoms with Crippen LogP contribution in [0.5, 0.6) is 0 Å². The normalized spacial score (nSPS) is 10.6. The molecule has 5 nitrogen and oxygen atoms in total. The van der Waals surface area contributed by atoms with Gasteiger partial charge in [0.05, 0.1) is 18.8 Å². The number of thiophene rings is 1. The van der Waals surface area contributed by atoms with Gasteiger partial charge in [0.1, 0.15) is 6.54 Å². The highest BCUT2D eigenvalue weighted by molar-refractivity contribution is 7.11. The van der Waals surface area contributed by atoms with Crippen molar-refractivity contribution >= 4 is 17.2 Å². The molecule has 0 N–H and O–H groups in total. The second-order valence-electron chi connectivity index (χ2n) is 5.75. The quantitative estimate of drug-likeness (QED) is 0.685. The molecule has 0 aliphatic rings. The van der Waals surface area contributed by atoms with E-state index in [-0.39, 0.29) is 18.0 Å². The van der Waals surface area contributed by atoms with Gasteiger partial charge in [0.2, 0.25) is 5.91 Å². The molecule has 3 rings (SSSR count). The van der Waals surface area contributed by atoms with Gasteiger partial charge in [-0.1, -0.05) is 12.1 Å². The Bertz CT molecular complexity index is 902. The Balaban J connectivity index is 1.80. The minimum absolute atomic E-state index is 0.0247. The van der Waals surface area contributed by atoms with E-state index in [1.165, 1.54) is 15.5 Å². The molecule has 0 aliphatic heterocycles. The molecule has 1 amide bonds. The van der Waals surface area contributed by atoms with Gasteiger partial charge in [0.25, 0.3) is 5.56 Å². The third kappa shape index (κ3) is 4.64. The second-order valence-corrected chi connectivity index (χ2v) is 7.12. The van der Waals surface area contributed by atoms with E-state index < -0.39 is 0 Å². The summed E-state index contributed by atoms with van der Waals surface area (Å²) in [5, 5.41) is 0. The zero-order valence-electron chi connectivity index (χ0n) is 14.0. The molecule has 0 radical (unpaired) electrons. The summed E-state index contributed by atoms with van der Waals surface area (Å²) < 4.78 is 1.42. The average molecular weight is 353 g/mol. The lowest BCUT2D eigenvalue weighted by Gasteiger charge is -2.22. The first kappa shape index (κ1) is 17.1. The van der Waals surface area contributed by atoms with Gasteiger partial charge in [0.15, 0.2) is 0 Å². The SMILES string of the molecule is Cc1ccc(CN(Cc2ccccn2)C(=O)Cn2ccccc2=O)s1. The van der Waals surface area contributed by atoms with Crippen molar-refractivity contribution in [2.75, 3.05) is 0 Å². The highest BCUT2D eigenvalue weighted by Crippen LogP contribution is 2.18. The topological polar surface area (TPSA) is 55.2 Å². The van der Waals surface area contributed by atoms with Gasteiger partial charge in [-0.25, -0.2) is 0 Å². The first-order valence-electron chi connectivity index (χ1n) is 8.00. The monoisotopic (exact) mass is 353 g/mol. The molecule has 0 aliphatic carbocycles. The molecule has 0 saturated heterocycles. The zero-order valence-corrected chi connectivity index (χ0v) is 14.8. The van der Waals surface area contributed by atoms with Gasteiger partial charge in [0, 0.05) is 28.2 Å². The number of aryl methyl sites for hydroxylation is 1. The molecular weight excluding hydrogens is 334 g/mol. The lowest BCUT2D eigenvalue weighted by molar-refractivity contribution is -0.133. The van der Waals surface area contributed by atoms with Crippen LogP contribution in [0.1, 0.15) is 15.4 Å². The molecule has 0 bridgehead atoms. The summed E-state index contributed by atoms with van der Waals surface area (Å²) in [5.74, 6) is -0.106. The fraction of sp³-hybridized carbons (Fsp3) is 0.211. The van der Waals surface area contributed by atoms with Crippen molar-refractivity contribution in [1.82, 2.24) is 14.5 Å². The third-order valence-corrected chi connectivity index (χ3v) is 4.76.